The molecule has 0 heterocycles. The quantitative estimate of drug-likeness (QED) is 0.517. The molecule has 0 fully saturated rings. The van der Waals surface area contributed by atoms with Crippen LogP contribution in [-0.4, -0.2) is 11.7 Å². The van der Waals surface area contributed by atoms with Gasteiger partial charge in [-0.05, 0) is 12.1 Å². The van der Waals surface area contributed by atoms with E-state index >= 15 is 0 Å². The number of nitrogen functional groups attached to an aromatic ring is 1. The summed E-state index contributed by atoms with van der Waals surface area (Å²) in [4.78, 5) is 0. The normalized spacial score (nSPS) is 10.6. The van der Waals surface area contributed by atoms with Crippen LogP contribution in [0.4, 0.5) is 18.9 Å². The van der Waals surface area contributed by atoms with Gasteiger partial charge >= 0.3 is 6.36 Å². The highest BCUT2D eigenvalue weighted by molar-refractivity contribution is 9.09. The molecule has 0 bridgehead atoms. The van der Waals surface area contributed by atoms with Crippen LogP contribution in [-0.2, 0) is 0 Å². The fourth-order valence-corrected chi connectivity index (χ4v) is 1.25. The Kier molecular flexibility index (Phi) is 4.70. The molecule has 0 saturated carbocycles. The van der Waals surface area contributed by atoms with Crippen LogP contribution in [0.5, 0.6) is 5.75 Å². The van der Waals surface area contributed by atoms with Crippen LogP contribution < -0.4 is 10.5 Å². The standard InChI is InChI=1S/C11H9BrF3NO/c12-6-2-1-3-8-4-5-9(7-10(8)16)17-11(13,14)15/h4-5,7H,2,6,16H2. The highest BCUT2D eigenvalue weighted by Gasteiger charge is 2.31. The van der Waals surface area contributed by atoms with Crippen LogP contribution in [0.3, 0.4) is 0 Å². The molecule has 0 aliphatic carbocycles. The van der Waals surface area contributed by atoms with Crippen molar-refractivity contribution in [2.45, 2.75) is 12.8 Å². The smallest absolute Gasteiger partial charge is 0.406 e. The molecule has 0 aliphatic rings. The fraction of sp³-hybridized carbons (Fsp3) is 0.273. The summed E-state index contributed by atoms with van der Waals surface area (Å²) < 4.78 is 39.5. The first-order valence-electron chi connectivity index (χ1n) is 4.62. The second kappa shape index (κ2) is 5.82. The molecule has 0 radical (unpaired) electrons. The average Bonchev–Trinajstić information content (AvgIpc) is 2.19. The molecule has 6 heteroatoms. The molecular formula is C11H9BrF3NO. The Bertz CT molecular complexity index is 448. The minimum Gasteiger partial charge on any atom is -0.406 e. The second-order valence-electron chi connectivity index (χ2n) is 3.04. The number of benzene rings is 1. The summed E-state index contributed by atoms with van der Waals surface area (Å²) in [5.41, 5.74) is 6.21. The van der Waals surface area contributed by atoms with Gasteiger partial charge in [-0.1, -0.05) is 27.8 Å². The van der Waals surface area contributed by atoms with Gasteiger partial charge in [0.15, 0.2) is 0 Å². The van der Waals surface area contributed by atoms with E-state index in [1.54, 1.807) is 0 Å². The Balaban J connectivity index is 2.84. The first-order valence-corrected chi connectivity index (χ1v) is 5.74. The number of hydrogen-bond acceptors (Lipinski definition) is 2. The van der Waals surface area contributed by atoms with Gasteiger partial charge in [-0.3, -0.25) is 0 Å². The van der Waals surface area contributed by atoms with E-state index in [0.717, 1.165) is 11.4 Å². The summed E-state index contributed by atoms with van der Waals surface area (Å²) in [5, 5.41) is 0.731. The van der Waals surface area contributed by atoms with Crippen molar-refractivity contribution < 1.29 is 17.9 Å². The Morgan fingerprint density at radius 3 is 2.59 bits per heavy atom. The maximum atomic E-state index is 11.9. The lowest BCUT2D eigenvalue weighted by Gasteiger charge is -2.09. The van der Waals surface area contributed by atoms with Crippen molar-refractivity contribution in [2.75, 3.05) is 11.1 Å². The van der Waals surface area contributed by atoms with Gasteiger partial charge in [0.1, 0.15) is 5.75 Å². The molecule has 1 rings (SSSR count). The van der Waals surface area contributed by atoms with Crippen LogP contribution in [0.1, 0.15) is 12.0 Å². The molecule has 1 aromatic carbocycles. The van der Waals surface area contributed by atoms with Gasteiger partial charge in [0.25, 0.3) is 0 Å². The predicted molar refractivity (Wildman–Crippen MR) is 62.8 cm³/mol. The summed E-state index contributed by atoms with van der Waals surface area (Å²) in [5.74, 6) is 5.24. The number of ether oxygens (including phenoxy) is 1. The van der Waals surface area contributed by atoms with Crippen molar-refractivity contribution in [1.82, 2.24) is 0 Å². The number of rotatable bonds is 2. The summed E-state index contributed by atoms with van der Waals surface area (Å²) in [6.07, 6.45) is -4.07. The zero-order valence-electron chi connectivity index (χ0n) is 8.64. The SMILES string of the molecule is Nc1cc(OC(F)(F)F)ccc1C#CCCBr. The fourth-order valence-electron chi connectivity index (χ4n) is 1.06. The topological polar surface area (TPSA) is 35.2 Å². The molecule has 0 aromatic heterocycles. The van der Waals surface area contributed by atoms with Gasteiger partial charge in [-0.15, -0.1) is 13.2 Å². The molecule has 92 valence electrons. The number of alkyl halides is 4. The van der Waals surface area contributed by atoms with E-state index in [9.17, 15) is 13.2 Å². The Hall–Kier alpha value is -1.35. The van der Waals surface area contributed by atoms with Gasteiger partial charge in [-0.25, -0.2) is 0 Å². The summed E-state index contributed by atoms with van der Waals surface area (Å²) in [6, 6.07) is 3.69. The zero-order chi connectivity index (χ0) is 12.9. The van der Waals surface area contributed by atoms with E-state index in [4.69, 9.17) is 5.73 Å². The van der Waals surface area contributed by atoms with E-state index in [1.807, 2.05) is 0 Å². The number of nitrogens with two attached hydrogens (primary N) is 1. The van der Waals surface area contributed by atoms with Crippen LogP contribution in [0.25, 0.3) is 0 Å². The van der Waals surface area contributed by atoms with Crippen molar-refractivity contribution >= 4 is 21.6 Å². The molecule has 0 spiro atoms. The second-order valence-corrected chi connectivity index (χ2v) is 3.83. The number of halogens is 4. The third kappa shape index (κ3) is 5.00. The first kappa shape index (κ1) is 13.7. The maximum Gasteiger partial charge on any atom is 0.573 e. The molecule has 1 aromatic rings. The van der Waals surface area contributed by atoms with Crippen LogP contribution in [0.2, 0.25) is 0 Å². The highest BCUT2D eigenvalue weighted by Crippen LogP contribution is 2.25. The zero-order valence-corrected chi connectivity index (χ0v) is 10.2. The molecule has 0 amide bonds. The van der Waals surface area contributed by atoms with Gasteiger partial charge in [0, 0.05) is 23.4 Å². The Morgan fingerprint density at radius 2 is 2.06 bits per heavy atom. The highest BCUT2D eigenvalue weighted by atomic mass is 79.9. The lowest BCUT2D eigenvalue weighted by atomic mass is 10.2. The Labute approximate surface area is 105 Å². The minimum absolute atomic E-state index is 0.161. The summed E-state index contributed by atoms with van der Waals surface area (Å²) in [7, 11) is 0. The van der Waals surface area contributed by atoms with Crippen LogP contribution in [0, 0.1) is 11.8 Å². The predicted octanol–water partition coefficient (Wildman–Crippen LogP) is 3.30. The van der Waals surface area contributed by atoms with Gasteiger partial charge in [0.2, 0.25) is 0 Å². The molecule has 0 aliphatic heterocycles. The van der Waals surface area contributed by atoms with Crippen molar-refractivity contribution in [2.24, 2.45) is 0 Å². The Morgan fingerprint density at radius 1 is 1.35 bits per heavy atom. The van der Waals surface area contributed by atoms with Gasteiger partial charge in [0.05, 0.1) is 5.69 Å². The lowest BCUT2D eigenvalue weighted by molar-refractivity contribution is -0.274. The monoisotopic (exact) mass is 307 g/mol. The van der Waals surface area contributed by atoms with E-state index in [0.29, 0.717) is 12.0 Å². The molecule has 17 heavy (non-hydrogen) atoms. The van der Waals surface area contributed by atoms with Crippen LogP contribution in [0.15, 0.2) is 18.2 Å². The van der Waals surface area contributed by atoms with Crippen molar-refractivity contribution in [1.29, 1.82) is 0 Å². The van der Waals surface area contributed by atoms with Crippen molar-refractivity contribution in [3.8, 4) is 17.6 Å². The molecular weight excluding hydrogens is 299 g/mol. The van der Waals surface area contributed by atoms with E-state index in [-0.39, 0.29) is 11.4 Å². The molecule has 0 saturated heterocycles. The largest absolute Gasteiger partial charge is 0.573 e. The van der Waals surface area contributed by atoms with Crippen molar-refractivity contribution in [3.05, 3.63) is 23.8 Å². The first-order chi connectivity index (χ1) is 7.92. The van der Waals surface area contributed by atoms with Gasteiger partial charge in [-0.2, -0.15) is 0 Å². The van der Waals surface area contributed by atoms with E-state index < -0.39 is 6.36 Å². The molecule has 2 N–H and O–H groups in total. The maximum absolute atomic E-state index is 11.9. The average molecular weight is 308 g/mol. The molecule has 0 unspecified atom stereocenters. The summed E-state index contributed by atoms with van der Waals surface area (Å²) >= 11 is 3.21. The lowest BCUT2D eigenvalue weighted by Crippen LogP contribution is -2.17. The van der Waals surface area contributed by atoms with Crippen LogP contribution >= 0.6 is 15.9 Å². The number of hydrogen-bond donors (Lipinski definition) is 1. The third-order valence-corrected chi connectivity index (χ3v) is 2.10. The number of anilines is 1. The molecule has 2 nitrogen and oxygen atoms in total. The third-order valence-electron chi connectivity index (χ3n) is 1.70. The van der Waals surface area contributed by atoms with E-state index in [1.165, 1.54) is 12.1 Å². The minimum atomic E-state index is -4.71. The van der Waals surface area contributed by atoms with E-state index in [2.05, 4.69) is 32.5 Å². The molecule has 0 atom stereocenters. The van der Waals surface area contributed by atoms with Gasteiger partial charge < -0.3 is 10.5 Å². The van der Waals surface area contributed by atoms with Crippen molar-refractivity contribution in [3.63, 3.8) is 0 Å². The summed E-state index contributed by atoms with van der Waals surface area (Å²) in [6.45, 7) is 0.